The molecule has 9 heteroatoms. The minimum atomic E-state index is -4.50. The summed E-state index contributed by atoms with van der Waals surface area (Å²) in [5.74, 6) is 0. The molecule has 0 atom stereocenters. The third-order valence-corrected chi connectivity index (χ3v) is 7.87. The average molecular weight is 433 g/mol. The monoisotopic (exact) mass is 432 g/mol. The first-order valence-corrected chi connectivity index (χ1v) is 11.6. The van der Waals surface area contributed by atoms with Crippen molar-refractivity contribution in [3.05, 3.63) is 57.9 Å². The standard InChI is InChI=1S/C17H11F3O2S4/c1-26(21,22)11-8-6-10(7-9-11)15-14(16(23)25-24-15)12-4-2-3-5-13(12)17(18,19)20/h2-9H,1H3. The largest absolute Gasteiger partial charge is 0.417 e. The van der Waals surface area contributed by atoms with Gasteiger partial charge in [-0.25, -0.2) is 8.42 Å². The van der Waals surface area contributed by atoms with Gasteiger partial charge in [-0.1, -0.05) is 63.2 Å². The molecule has 0 saturated heterocycles. The molecule has 2 nitrogen and oxygen atoms in total. The van der Waals surface area contributed by atoms with Crippen molar-refractivity contribution in [2.75, 3.05) is 6.26 Å². The molecule has 0 N–H and O–H groups in total. The number of sulfone groups is 1. The molecular formula is C17H11F3O2S4. The lowest BCUT2D eigenvalue weighted by atomic mass is 9.98. The lowest BCUT2D eigenvalue weighted by molar-refractivity contribution is -0.137. The van der Waals surface area contributed by atoms with Crippen molar-refractivity contribution < 1.29 is 21.6 Å². The maximum atomic E-state index is 13.4. The highest BCUT2D eigenvalue weighted by molar-refractivity contribution is 7.90. The van der Waals surface area contributed by atoms with Crippen molar-refractivity contribution in [2.45, 2.75) is 11.1 Å². The van der Waals surface area contributed by atoms with Crippen LogP contribution in [0.5, 0.6) is 0 Å². The van der Waals surface area contributed by atoms with Gasteiger partial charge in [0.05, 0.1) is 15.3 Å². The Hall–Kier alpha value is -1.55. The van der Waals surface area contributed by atoms with Crippen LogP contribution in [0.2, 0.25) is 0 Å². The summed E-state index contributed by atoms with van der Waals surface area (Å²) in [7, 11) is -0.850. The summed E-state index contributed by atoms with van der Waals surface area (Å²) >= 11 is 5.29. The number of alkyl halides is 3. The van der Waals surface area contributed by atoms with Crippen LogP contribution < -0.4 is 0 Å². The van der Waals surface area contributed by atoms with Crippen molar-refractivity contribution in [3.63, 3.8) is 0 Å². The zero-order valence-electron chi connectivity index (χ0n) is 13.2. The summed E-state index contributed by atoms with van der Waals surface area (Å²) in [6, 6.07) is 11.4. The highest BCUT2D eigenvalue weighted by Crippen LogP contribution is 2.45. The van der Waals surface area contributed by atoms with Crippen molar-refractivity contribution in [1.82, 2.24) is 0 Å². The van der Waals surface area contributed by atoms with Crippen molar-refractivity contribution in [1.29, 1.82) is 0 Å². The van der Waals surface area contributed by atoms with Gasteiger partial charge in [0.15, 0.2) is 9.84 Å². The van der Waals surface area contributed by atoms with E-state index in [4.69, 9.17) is 12.2 Å². The third kappa shape index (κ3) is 3.75. The molecule has 1 heterocycles. The zero-order valence-corrected chi connectivity index (χ0v) is 16.5. The fraction of sp³-hybridized carbons (Fsp3) is 0.118. The van der Waals surface area contributed by atoms with Gasteiger partial charge in [-0.05, 0) is 29.3 Å². The van der Waals surface area contributed by atoms with Gasteiger partial charge in [0.1, 0.15) is 3.82 Å². The minimum Gasteiger partial charge on any atom is -0.224 e. The number of benzene rings is 2. The first-order valence-electron chi connectivity index (χ1n) is 7.19. The van der Waals surface area contributed by atoms with Gasteiger partial charge in [0.2, 0.25) is 0 Å². The first-order chi connectivity index (χ1) is 12.1. The molecule has 0 aliphatic carbocycles. The Morgan fingerprint density at radius 3 is 2.15 bits per heavy atom. The molecule has 0 fully saturated rings. The quantitative estimate of drug-likeness (QED) is 0.360. The molecule has 3 rings (SSSR count). The fourth-order valence-electron chi connectivity index (χ4n) is 2.48. The number of halogens is 3. The molecule has 0 saturated carbocycles. The average Bonchev–Trinajstić information content (AvgIpc) is 2.95. The third-order valence-electron chi connectivity index (χ3n) is 3.68. The van der Waals surface area contributed by atoms with Gasteiger partial charge in [-0.2, -0.15) is 13.2 Å². The number of hydrogen-bond donors (Lipinski definition) is 0. The highest BCUT2D eigenvalue weighted by atomic mass is 32.9. The maximum Gasteiger partial charge on any atom is 0.417 e. The molecule has 0 bridgehead atoms. The lowest BCUT2D eigenvalue weighted by Crippen LogP contribution is -2.06. The zero-order chi connectivity index (χ0) is 19.1. The van der Waals surface area contributed by atoms with E-state index in [-0.39, 0.29) is 10.5 Å². The summed E-state index contributed by atoms with van der Waals surface area (Å²) in [5.41, 5.74) is 0.271. The number of rotatable bonds is 3. The van der Waals surface area contributed by atoms with Crippen LogP contribution in [-0.2, 0) is 16.0 Å². The Labute approximate surface area is 160 Å². The lowest BCUT2D eigenvalue weighted by Gasteiger charge is -2.13. The summed E-state index contributed by atoms with van der Waals surface area (Å²) < 4.78 is 63.7. The second kappa shape index (κ2) is 6.88. The van der Waals surface area contributed by atoms with E-state index in [1.54, 1.807) is 12.1 Å². The smallest absolute Gasteiger partial charge is 0.224 e. The van der Waals surface area contributed by atoms with Crippen LogP contribution in [0.4, 0.5) is 13.2 Å². The van der Waals surface area contributed by atoms with E-state index in [1.165, 1.54) is 51.0 Å². The fourth-order valence-corrected chi connectivity index (χ4v) is 6.01. The first kappa shape index (κ1) is 19.2. The second-order valence-corrected chi connectivity index (χ2v) is 10.3. The predicted molar refractivity (Wildman–Crippen MR) is 102 cm³/mol. The van der Waals surface area contributed by atoms with Gasteiger partial charge in [0.25, 0.3) is 0 Å². The molecule has 0 unspecified atom stereocenters. The maximum absolute atomic E-state index is 13.4. The van der Waals surface area contributed by atoms with Crippen molar-refractivity contribution in [3.8, 4) is 21.6 Å². The SMILES string of the molecule is CS(=O)(=O)c1ccc(-c2ssc(=S)c2-c2ccccc2C(F)(F)F)cc1. The van der Waals surface area contributed by atoms with Crippen molar-refractivity contribution >= 4 is 42.7 Å². The Bertz CT molecular complexity index is 1110. The molecular weight excluding hydrogens is 421 g/mol. The molecule has 0 aliphatic rings. The van der Waals surface area contributed by atoms with E-state index in [0.717, 1.165) is 12.3 Å². The van der Waals surface area contributed by atoms with Gasteiger partial charge in [0, 0.05) is 11.8 Å². The van der Waals surface area contributed by atoms with Crippen LogP contribution in [0.3, 0.4) is 0 Å². The summed E-state index contributed by atoms with van der Waals surface area (Å²) in [5, 5.41) is 0. The van der Waals surface area contributed by atoms with Crippen LogP contribution >= 0.6 is 32.9 Å². The molecule has 1 aromatic heterocycles. The summed E-state index contributed by atoms with van der Waals surface area (Å²) in [6.45, 7) is 0. The van der Waals surface area contributed by atoms with Crippen molar-refractivity contribution in [2.24, 2.45) is 0 Å². The molecule has 26 heavy (non-hydrogen) atoms. The van der Waals surface area contributed by atoms with Gasteiger partial charge in [-0.3, -0.25) is 0 Å². The highest BCUT2D eigenvalue weighted by Gasteiger charge is 2.34. The van der Waals surface area contributed by atoms with E-state index in [2.05, 4.69) is 0 Å². The van der Waals surface area contributed by atoms with Crippen LogP contribution in [0.1, 0.15) is 5.56 Å². The Morgan fingerprint density at radius 1 is 0.962 bits per heavy atom. The van der Waals surface area contributed by atoms with Gasteiger partial charge in [-0.15, -0.1) is 0 Å². The number of hydrogen-bond acceptors (Lipinski definition) is 5. The molecule has 0 spiro atoms. The predicted octanol–water partition coefficient (Wildman–Crippen LogP) is 6.30. The molecule has 0 aliphatic heterocycles. The minimum absolute atomic E-state index is 0.0321. The molecule has 2 aromatic carbocycles. The summed E-state index contributed by atoms with van der Waals surface area (Å²) in [4.78, 5) is 0.745. The van der Waals surface area contributed by atoms with Gasteiger partial charge >= 0.3 is 6.18 Å². The van der Waals surface area contributed by atoms with Crippen LogP contribution in [0.15, 0.2) is 53.4 Å². The van der Waals surface area contributed by atoms with E-state index < -0.39 is 21.6 Å². The van der Waals surface area contributed by atoms with E-state index in [1.807, 2.05) is 0 Å². The molecule has 0 amide bonds. The molecule has 0 radical (unpaired) electrons. The summed E-state index contributed by atoms with van der Waals surface area (Å²) in [6.07, 6.45) is -3.40. The molecule has 3 aromatic rings. The van der Waals surface area contributed by atoms with E-state index >= 15 is 0 Å². The van der Waals surface area contributed by atoms with E-state index in [9.17, 15) is 21.6 Å². The van der Waals surface area contributed by atoms with E-state index in [0.29, 0.717) is 19.8 Å². The Kier molecular flexibility index (Phi) is 5.08. The Morgan fingerprint density at radius 2 is 1.58 bits per heavy atom. The van der Waals surface area contributed by atoms with Crippen LogP contribution in [-0.4, -0.2) is 14.7 Å². The van der Waals surface area contributed by atoms with Crippen LogP contribution in [0.25, 0.3) is 21.6 Å². The van der Waals surface area contributed by atoms with Gasteiger partial charge < -0.3 is 0 Å². The molecule has 136 valence electrons. The normalized spacial score (nSPS) is 12.3. The second-order valence-electron chi connectivity index (χ2n) is 5.50. The Balaban J connectivity index is 2.20. The topological polar surface area (TPSA) is 34.1 Å². The van der Waals surface area contributed by atoms with Crippen LogP contribution in [0, 0.1) is 3.82 Å².